The second-order valence-corrected chi connectivity index (χ2v) is 8.15. The first-order valence-electron chi connectivity index (χ1n) is 11.1. The van der Waals surface area contributed by atoms with E-state index in [9.17, 15) is 14.4 Å². The zero-order chi connectivity index (χ0) is 23.5. The largest absolute Gasteiger partial charge is 0.350 e. The standard InChI is InChI=1S/C24H23N7O3/c32-20(25-13-17-7-4-5-8-18(17)14-29-12-6-11-21(29)33)15-30-16-26-23-22(24(30)34)27-28-31(23)19-9-2-1-3-10-19/h1-5,7-10,16H,6,11-15H2,(H,25,32). The first kappa shape index (κ1) is 21.5. The second kappa shape index (κ2) is 9.26. The Morgan fingerprint density at radius 2 is 1.76 bits per heavy atom. The number of nitrogens with one attached hydrogen (secondary N) is 1. The maximum absolute atomic E-state index is 12.9. The average Bonchev–Trinajstić information content (AvgIpc) is 3.47. The van der Waals surface area contributed by atoms with E-state index in [0.29, 0.717) is 25.2 Å². The van der Waals surface area contributed by atoms with Crippen LogP contribution in [0.3, 0.4) is 0 Å². The molecule has 1 aliphatic heterocycles. The van der Waals surface area contributed by atoms with E-state index < -0.39 is 5.56 Å². The van der Waals surface area contributed by atoms with E-state index >= 15 is 0 Å². The molecule has 10 heteroatoms. The molecule has 5 rings (SSSR count). The lowest BCUT2D eigenvalue weighted by atomic mass is 10.1. The number of likely N-dealkylation sites (tertiary alicyclic amines) is 1. The van der Waals surface area contributed by atoms with Crippen molar-refractivity contribution in [3.05, 3.63) is 82.4 Å². The van der Waals surface area contributed by atoms with E-state index in [0.717, 1.165) is 29.8 Å². The van der Waals surface area contributed by atoms with Gasteiger partial charge in [0.1, 0.15) is 12.9 Å². The van der Waals surface area contributed by atoms with Gasteiger partial charge >= 0.3 is 0 Å². The Kier molecular flexibility index (Phi) is 5.86. The lowest BCUT2D eigenvalue weighted by Crippen LogP contribution is -2.32. The number of hydrogen-bond acceptors (Lipinski definition) is 6. The van der Waals surface area contributed by atoms with Crippen molar-refractivity contribution in [3.8, 4) is 5.69 Å². The van der Waals surface area contributed by atoms with Crippen LogP contribution in [-0.4, -0.2) is 47.8 Å². The maximum Gasteiger partial charge on any atom is 0.284 e. The van der Waals surface area contributed by atoms with Gasteiger partial charge in [-0.15, -0.1) is 5.10 Å². The van der Waals surface area contributed by atoms with Crippen LogP contribution >= 0.6 is 0 Å². The van der Waals surface area contributed by atoms with Crippen molar-refractivity contribution in [3.63, 3.8) is 0 Å². The van der Waals surface area contributed by atoms with Crippen LogP contribution in [-0.2, 0) is 29.2 Å². The molecular weight excluding hydrogens is 434 g/mol. The predicted octanol–water partition coefficient (Wildman–Crippen LogP) is 1.42. The molecule has 2 aromatic carbocycles. The van der Waals surface area contributed by atoms with Gasteiger partial charge in [0.05, 0.1) is 5.69 Å². The van der Waals surface area contributed by atoms with Gasteiger partial charge in [-0.3, -0.25) is 19.0 Å². The number of carbonyl (C=O) groups excluding carboxylic acids is 2. The second-order valence-electron chi connectivity index (χ2n) is 8.15. The van der Waals surface area contributed by atoms with Gasteiger partial charge in [-0.2, -0.15) is 4.68 Å². The predicted molar refractivity (Wildman–Crippen MR) is 124 cm³/mol. The van der Waals surface area contributed by atoms with Crippen molar-refractivity contribution < 1.29 is 9.59 Å². The summed E-state index contributed by atoms with van der Waals surface area (Å²) >= 11 is 0. The van der Waals surface area contributed by atoms with Crippen LogP contribution in [0.15, 0.2) is 65.7 Å². The van der Waals surface area contributed by atoms with E-state index in [1.165, 1.54) is 15.6 Å². The molecule has 172 valence electrons. The molecule has 2 amide bonds. The van der Waals surface area contributed by atoms with Gasteiger partial charge in [0, 0.05) is 26.1 Å². The first-order chi connectivity index (χ1) is 16.6. The summed E-state index contributed by atoms with van der Waals surface area (Å²) in [6.07, 6.45) is 2.80. The summed E-state index contributed by atoms with van der Waals surface area (Å²) in [6.45, 7) is 1.40. The minimum Gasteiger partial charge on any atom is -0.350 e. The van der Waals surface area contributed by atoms with Crippen LogP contribution in [0, 0.1) is 0 Å². The normalized spacial score (nSPS) is 13.5. The van der Waals surface area contributed by atoms with Gasteiger partial charge in [-0.05, 0) is 29.7 Å². The number of nitrogens with zero attached hydrogens (tertiary/aromatic N) is 6. The fourth-order valence-corrected chi connectivity index (χ4v) is 4.07. The van der Waals surface area contributed by atoms with Crippen LogP contribution in [0.4, 0.5) is 0 Å². The molecule has 0 spiro atoms. The molecule has 2 aromatic heterocycles. The third-order valence-electron chi connectivity index (χ3n) is 5.87. The Balaban J connectivity index is 1.27. The number of fused-ring (bicyclic) bond motifs is 1. The smallest absolute Gasteiger partial charge is 0.284 e. The summed E-state index contributed by atoms with van der Waals surface area (Å²) in [7, 11) is 0. The third-order valence-corrected chi connectivity index (χ3v) is 5.87. The van der Waals surface area contributed by atoms with Gasteiger partial charge < -0.3 is 10.2 Å². The number of amides is 2. The zero-order valence-corrected chi connectivity index (χ0v) is 18.4. The summed E-state index contributed by atoms with van der Waals surface area (Å²) in [5, 5.41) is 10.9. The Hall–Kier alpha value is -4.34. The molecule has 0 radical (unpaired) electrons. The Morgan fingerprint density at radius 1 is 1.00 bits per heavy atom. The van der Waals surface area contributed by atoms with Crippen molar-refractivity contribution in [2.75, 3.05) is 6.54 Å². The lowest BCUT2D eigenvalue weighted by molar-refractivity contribution is -0.128. The van der Waals surface area contributed by atoms with E-state index in [-0.39, 0.29) is 23.9 Å². The van der Waals surface area contributed by atoms with Crippen LogP contribution in [0.2, 0.25) is 0 Å². The molecule has 3 heterocycles. The molecule has 1 saturated heterocycles. The van der Waals surface area contributed by atoms with Crippen LogP contribution in [0.1, 0.15) is 24.0 Å². The molecule has 4 aromatic rings. The fourth-order valence-electron chi connectivity index (χ4n) is 4.07. The number of benzene rings is 2. The van der Waals surface area contributed by atoms with Crippen molar-refractivity contribution in [1.29, 1.82) is 0 Å². The van der Waals surface area contributed by atoms with Crippen molar-refractivity contribution in [2.24, 2.45) is 0 Å². The monoisotopic (exact) mass is 457 g/mol. The SMILES string of the molecule is O=C(Cn1cnc2c(nnn2-c2ccccc2)c1=O)NCc1ccccc1CN1CCCC1=O. The summed E-state index contributed by atoms with van der Waals surface area (Å²) in [5.74, 6) is -0.170. The molecule has 0 aliphatic carbocycles. The third kappa shape index (κ3) is 4.29. The minimum atomic E-state index is -0.435. The molecule has 10 nitrogen and oxygen atoms in total. The van der Waals surface area contributed by atoms with Crippen LogP contribution < -0.4 is 10.9 Å². The topological polar surface area (TPSA) is 115 Å². The molecule has 0 atom stereocenters. The lowest BCUT2D eigenvalue weighted by Gasteiger charge is -2.18. The number of aromatic nitrogens is 5. The highest BCUT2D eigenvalue weighted by molar-refractivity contribution is 5.78. The van der Waals surface area contributed by atoms with Crippen LogP contribution in [0.25, 0.3) is 16.9 Å². The van der Waals surface area contributed by atoms with Crippen LogP contribution in [0.5, 0.6) is 0 Å². The maximum atomic E-state index is 12.9. The van der Waals surface area contributed by atoms with E-state index in [1.807, 2.05) is 59.5 Å². The quantitative estimate of drug-likeness (QED) is 0.449. The highest BCUT2D eigenvalue weighted by Gasteiger charge is 2.21. The minimum absolute atomic E-state index is 0.0970. The molecule has 0 bridgehead atoms. The number of carbonyl (C=O) groups is 2. The Morgan fingerprint density at radius 3 is 2.53 bits per heavy atom. The van der Waals surface area contributed by atoms with Gasteiger partial charge in [-0.25, -0.2) is 4.98 Å². The average molecular weight is 457 g/mol. The summed E-state index contributed by atoms with van der Waals surface area (Å²) in [6, 6.07) is 17.0. The molecule has 1 N–H and O–H groups in total. The van der Waals surface area contributed by atoms with E-state index in [1.54, 1.807) is 0 Å². The van der Waals surface area contributed by atoms with Gasteiger partial charge in [0.15, 0.2) is 11.2 Å². The fraction of sp³-hybridized carbons (Fsp3) is 0.250. The summed E-state index contributed by atoms with van der Waals surface area (Å²) in [5.41, 5.74) is 2.66. The highest BCUT2D eigenvalue weighted by atomic mass is 16.2. The zero-order valence-electron chi connectivity index (χ0n) is 18.4. The Labute approximate surface area is 194 Å². The number of rotatable bonds is 7. The summed E-state index contributed by atoms with van der Waals surface area (Å²) in [4.78, 5) is 43.6. The molecular formula is C24H23N7O3. The first-order valence-corrected chi connectivity index (χ1v) is 11.1. The molecule has 1 fully saturated rings. The highest BCUT2D eigenvalue weighted by Crippen LogP contribution is 2.17. The van der Waals surface area contributed by atoms with Gasteiger partial charge in [-0.1, -0.05) is 47.7 Å². The van der Waals surface area contributed by atoms with E-state index in [2.05, 4.69) is 20.6 Å². The molecule has 34 heavy (non-hydrogen) atoms. The molecule has 1 aliphatic rings. The molecule has 0 saturated carbocycles. The van der Waals surface area contributed by atoms with Gasteiger partial charge in [0.25, 0.3) is 5.56 Å². The van der Waals surface area contributed by atoms with Crippen molar-refractivity contribution in [1.82, 2.24) is 34.8 Å². The Bertz CT molecular complexity index is 1410. The van der Waals surface area contributed by atoms with Crippen molar-refractivity contribution in [2.45, 2.75) is 32.5 Å². The number of para-hydroxylation sites is 1. The summed E-state index contributed by atoms with van der Waals surface area (Å²) < 4.78 is 2.71. The van der Waals surface area contributed by atoms with Crippen molar-refractivity contribution >= 4 is 23.0 Å². The van der Waals surface area contributed by atoms with Gasteiger partial charge in [0.2, 0.25) is 11.8 Å². The number of hydrogen-bond donors (Lipinski definition) is 1. The molecule has 0 unspecified atom stereocenters. The van der Waals surface area contributed by atoms with E-state index in [4.69, 9.17) is 0 Å².